The summed E-state index contributed by atoms with van der Waals surface area (Å²) < 4.78 is 19.5. The van der Waals surface area contributed by atoms with Crippen molar-refractivity contribution in [3.05, 3.63) is 77.9 Å². The predicted octanol–water partition coefficient (Wildman–Crippen LogP) is 3.98. The van der Waals surface area contributed by atoms with Crippen LogP contribution >= 0.6 is 11.8 Å². The normalized spacial score (nSPS) is 9.35. The van der Waals surface area contributed by atoms with Gasteiger partial charge in [-0.2, -0.15) is 0 Å². The van der Waals surface area contributed by atoms with E-state index in [0.29, 0.717) is 30.5 Å². The Morgan fingerprint density at radius 3 is 2.38 bits per heavy atom. The minimum absolute atomic E-state index is 0.309. The molecule has 2 heterocycles. The van der Waals surface area contributed by atoms with Gasteiger partial charge in [0.05, 0.1) is 18.1 Å². The zero-order valence-electron chi connectivity index (χ0n) is 19.9. The maximum Gasteiger partial charge on any atom is 0.232 e. The lowest BCUT2D eigenvalue weighted by atomic mass is 10.3. The second kappa shape index (κ2) is 20.1. The van der Waals surface area contributed by atoms with Gasteiger partial charge in [-0.1, -0.05) is 6.08 Å². The minimum Gasteiger partial charge on any atom is -0.468 e. The number of thioether (sulfide) groups is 1. The number of carbonyl (C=O) groups is 1. The molecule has 0 aliphatic heterocycles. The van der Waals surface area contributed by atoms with Crippen LogP contribution in [0.4, 0.5) is 10.1 Å². The first-order chi connectivity index (χ1) is 16.4. The van der Waals surface area contributed by atoms with Gasteiger partial charge in [0.1, 0.15) is 18.2 Å². The number of aromatic nitrogens is 4. The molecule has 0 saturated carbocycles. The first kappa shape index (κ1) is 30.4. The molecular weight excluding hydrogens is 457 g/mol. The quantitative estimate of drug-likeness (QED) is 0.293. The molecule has 2 aromatic heterocycles. The number of hydrogen-bond acceptors (Lipinski definition) is 8. The number of ether oxygens (including phenoxy) is 1. The lowest BCUT2D eigenvalue weighted by Gasteiger charge is -2.04. The highest BCUT2D eigenvalue weighted by atomic mass is 32.2. The smallest absolute Gasteiger partial charge is 0.232 e. The van der Waals surface area contributed by atoms with Crippen molar-refractivity contribution in [3.63, 3.8) is 0 Å². The fourth-order valence-corrected chi connectivity index (χ4v) is 2.20. The van der Waals surface area contributed by atoms with Crippen LogP contribution in [0.2, 0.25) is 0 Å². The number of nitrogens with two attached hydrogens (primary N) is 1. The largest absolute Gasteiger partial charge is 0.468 e. The van der Waals surface area contributed by atoms with Crippen LogP contribution in [-0.4, -0.2) is 45.6 Å². The highest BCUT2D eigenvalue weighted by molar-refractivity contribution is 8.02. The van der Waals surface area contributed by atoms with Crippen LogP contribution < -0.4 is 15.8 Å². The van der Waals surface area contributed by atoms with Crippen LogP contribution in [0.25, 0.3) is 0 Å². The molecule has 3 N–H and O–H groups in total. The molecule has 1 amide bonds. The summed E-state index contributed by atoms with van der Waals surface area (Å²) in [4.78, 5) is 25.4. The number of imidazole rings is 1. The van der Waals surface area contributed by atoms with E-state index in [0.717, 1.165) is 11.5 Å². The number of aryl methyl sites for hydroxylation is 2. The first-order valence-electron chi connectivity index (χ1n) is 10.0. The van der Waals surface area contributed by atoms with E-state index in [1.54, 1.807) is 37.4 Å². The Balaban J connectivity index is 0.000000496. The summed E-state index contributed by atoms with van der Waals surface area (Å²) in [5.41, 5.74) is 6.59. The zero-order chi connectivity index (χ0) is 25.6. The number of amides is 1. The maximum atomic E-state index is 12.2. The topological polar surface area (TPSA) is 120 Å². The molecular formula is C23H32FN7O2S. The molecule has 9 nitrogen and oxygen atoms in total. The SMILES string of the molecule is C/C=C\SCN.C=NC.Cc1cnc(OCc2nccn2C)cn1.O=CNc1ccc(F)cc1. The first-order valence-corrected chi connectivity index (χ1v) is 11.1. The second-order valence-electron chi connectivity index (χ2n) is 6.13. The lowest BCUT2D eigenvalue weighted by Crippen LogP contribution is -2.04. The van der Waals surface area contributed by atoms with Crippen molar-refractivity contribution in [2.75, 3.05) is 18.2 Å². The summed E-state index contributed by atoms with van der Waals surface area (Å²) in [7, 11) is 3.56. The van der Waals surface area contributed by atoms with Gasteiger partial charge in [0.2, 0.25) is 12.3 Å². The zero-order valence-corrected chi connectivity index (χ0v) is 20.7. The number of allylic oxidation sites excluding steroid dienone is 1. The molecule has 0 spiro atoms. The van der Waals surface area contributed by atoms with Gasteiger partial charge >= 0.3 is 0 Å². The summed E-state index contributed by atoms with van der Waals surface area (Å²) in [6.07, 6.45) is 9.41. The maximum absolute atomic E-state index is 12.2. The molecule has 3 rings (SSSR count). The van der Waals surface area contributed by atoms with Crippen molar-refractivity contribution < 1.29 is 13.9 Å². The average molecular weight is 490 g/mol. The van der Waals surface area contributed by atoms with E-state index in [1.165, 1.54) is 24.3 Å². The predicted molar refractivity (Wildman–Crippen MR) is 137 cm³/mol. The number of nitrogens with one attached hydrogen (secondary N) is 1. The van der Waals surface area contributed by atoms with Gasteiger partial charge in [0.15, 0.2) is 0 Å². The molecule has 3 aromatic rings. The molecule has 0 saturated heterocycles. The number of halogens is 1. The fourth-order valence-electron chi connectivity index (χ4n) is 1.90. The van der Waals surface area contributed by atoms with Crippen molar-refractivity contribution in [2.45, 2.75) is 20.5 Å². The second-order valence-corrected chi connectivity index (χ2v) is 7.07. The van der Waals surface area contributed by atoms with E-state index in [-0.39, 0.29) is 5.82 Å². The number of nitrogens with zero attached hydrogens (tertiary/aromatic N) is 5. The molecule has 0 fully saturated rings. The summed E-state index contributed by atoms with van der Waals surface area (Å²) in [5.74, 6) is 1.75. The molecule has 184 valence electrons. The third kappa shape index (κ3) is 15.3. The van der Waals surface area contributed by atoms with Crippen molar-refractivity contribution in [3.8, 4) is 5.88 Å². The van der Waals surface area contributed by atoms with Gasteiger partial charge in [-0.25, -0.2) is 14.4 Å². The Morgan fingerprint density at radius 2 is 1.94 bits per heavy atom. The van der Waals surface area contributed by atoms with Crippen LogP contribution in [0.5, 0.6) is 5.88 Å². The van der Waals surface area contributed by atoms with E-state index in [4.69, 9.17) is 10.5 Å². The molecule has 0 unspecified atom stereocenters. The Morgan fingerprint density at radius 1 is 1.26 bits per heavy atom. The van der Waals surface area contributed by atoms with Gasteiger partial charge in [-0.05, 0) is 50.2 Å². The molecule has 34 heavy (non-hydrogen) atoms. The number of carbonyl (C=O) groups excluding carboxylic acids is 1. The van der Waals surface area contributed by atoms with E-state index in [1.807, 2.05) is 43.1 Å². The van der Waals surface area contributed by atoms with E-state index < -0.39 is 0 Å². The molecule has 0 aliphatic rings. The van der Waals surface area contributed by atoms with Gasteiger partial charge < -0.3 is 25.3 Å². The Hall–Kier alpha value is -3.57. The summed E-state index contributed by atoms with van der Waals surface area (Å²) in [6.45, 7) is 7.37. The Bertz CT molecular complexity index is 949. The molecule has 0 aliphatic carbocycles. The monoisotopic (exact) mass is 489 g/mol. The van der Waals surface area contributed by atoms with Gasteiger partial charge in [0.25, 0.3) is 0 Å². The minimum atomic E-state index is -0.309. The van der Waals surface area contributed by atoms with Crippen LogP contribution in [0.1, 0.15) is 18.4 Å². The highest BCUT2D eigenvalue weighted by Crippen LogP contribution is 2.07. The lowest BCUT2D eigenvalue weighted by molar-refractivity contribution is -0.105. The Kier molecular flexibility index (Phi) is 18.0. The fraction of sp³-hybridized carbons (Fsp3) is 0.261. The van der Waals surface area contributed by atoms with Gasteiger partial charge in [-0.15, -0.1) is 11.8 Å². The molecule has 11 heteroatoms. The number of benzene rings is 1. The summed E-state index contributed by atoms with van der Waals surface area (Å²) in [5, 5.41) is 4.36. The number of anilines is 1. The third-order valence-electron chi connectivity index (χ3n) is 3.43. The van der Waals surface area contributed by atoms with Crippen LogP contribution in [0.15, 0.2) is 65.5 Å². The number of rotatable bonds is 7. The summed E-state index contributed by atoms with van der Waals surface area (Å²) in [6, 6.07) is 5.55. The number of aliphatic imine (C=N–C) groups is 1. The molecule has 0 atom stereocenters. The summed E-state index contributed by atoms with van der Waals surface area (Å²) >= 11 is 1.61. The van der Waals surface area contributed by atoms with Gasteiger partial charge in [-0.3, -0.25) is 9.78 Å². The van der Waals surface area contributed by atoms with Crippen molar-refractivity contribution >= 4 is 30.6 Å². The van der Waals surface area contributed by atoms with Crippen LogP contribution in [0, 0.1) is 12.7 Å². The van der Waals surface area contributed by atoms with Crippen LogP contribution in [-0.2, 0) is 18.4 Å². The number of hydrogen-bond donors (Lipinski definition) is 2. The highest BCUT2D eigenvalue weighted by Gasteiger charge is 2.01. The van der Waals surface area contributed by atoms with E-state index in [2.05, 4.69) is 32.0 Å². The molecule has 1 aromatic carbocycles. The van der Waals surface area contributed by atoms with E-state index in [9.17, 15) is 9.18 Å². The van der Waals surface area contributed by atoms with Crippen LogP contribution in [0.3, 0.4) is 0 Å². The van der Waals surface area contributed by atoms with Crippen molar-refractivity contribution in [1.82, 2.24) is 19.5 Å². The van der Waals surface area contributed by atoms with Crippen molar-refractivity contribution in [2.24, 2.45) is 17.8 Å². The Labute approximate surface area is 204 Å². The average Bonchev–Trinajstić information content (AvgIpc) is 3.25. The van der Waals surface area contributed by atoms with Crippen molar-refractivity contribution in [1.29, 1.82) is 0 Å². The van der Waals surface area contributed by atoms with E-state index >= 15 is 0 Å². The standard InChI is InChI=1S/C10H12N4O.C7H6FNO.C4H9NS.C2H5N/c1-8-5-13-10(6-12-8)15-7-9-11-3-4-14(9)2;8-6-1-3-7(4-2-6)9-5-10;1-2-3-6-4-5;1-3-2/h3-6H,7H2,1-2H3;1-5H,(H,9,10);2-3H,4-5H2,1H3;1H2,2H3/b;;3-2-;. The third-order valence-corrected chi connectivity index (χ3v) is 4.08. The molecule has 0 radical (unpaired) electrons. The molecule has 0 bridgehead atoms. The van der Waals surface area contributed by atoms with Gasteiger partial charge in [0, 0.05) is 38.1 Å².